The number of amidine groups is 1. The molecule has 1 aromatic rings. The van der Waals surface area contributed by atoms with Crippen molar-refractivity contribution in [2.24, 2.45) is 4.99 Å². The van der Waals surface area contributed by atoms with Crippen LogP contribution in [0.5, 0.6) is 0 Å². The molecule has 9 nitrogen and oxygen atoms in total. The van der Waals surface area contributed by atoms with Gasteiger partial charge >= 0.3 is 5.97 Å². The van der Waals surface area contributed by atoms with Crippen molar-refractivity contribution >= 4 is 17.7 Å². The third-order valence-electron chi connectivity index (χ3n) is 3.74. The topological polar surface area (TPSA) is 127 Å². The first kappa shape index (κ1) is 18.9. The SMILES string of the molecule is CCC1=C(C(=O)OCCC#N)[C@@H](c2ccc([N+](=O)[O-])cc2)N=C(OC)N1. The van der Waals surface area contributed by atoms with E-state index in [4.69, 9.17) is 14.7 Å². The molecule has 0 amide bonds. The summed E-state index contributed by atoms with van der Waals surface area (Å²) < 4.78 is 10.3. The number of carbonyl (C=O) groups is 1. The summed E-state index contributed by atoms with van der Waals surface area (Å²) in [6.45, 7) is 1.83. The summed E-state index contributed by atoms with van der Waals surface area (Å²) in [5.41, 5.74) is 1.41. The highest BCUT2D eigenvalue weighted by Gasteiger charge is 2.32. The molecule has 1 atom stereocenters. The number of aliphatic imine (C=N–C) groups is 1. The number of nitro groups is 1. The lowest BCUT2D eigenvalue weighted by Crippen LogP contribution is -2.34. The predicted octanol–water partition coefficient (Wildman–Crippen LogP) is 2.36. The lowest BCUT2D eigenvalue weighted by atomic mass is 9.95. The molecule has 0 saturated heterocycles. The van der Waals surface area contributed by atoms with Gasteiger partial charge in [-0.25, -0.2) is 9.79 Å². The van der Waals surface area contributed by atoms with Gasteiger partial charge in [-0.1, -0.05) is 6.92 Å². The molecule has 1 N–H and O–H groups in total. The summed E-state index contributed by atoms with van der Waals surface area (Å²) >= 11 is 0. The minimum Gasteiger partial charge on any atom is -0.468 e. The van der Waals surface area contributed by atoms with E-state index in [0.29, 0.717) is 23.3 Å². The summed E-state index contributed by atoms with van der Waals surface area (Å²) in [7, 11) is 1.45. The Balaban J connectivity index is 2.42. The molecular weight excluding hydrogens is 340 g/mol. The number of hydrogen-bond acceptors (Lipinski definition) is 8. The van der Waals surface area contributed by atoms with Crippen LogP contribution < -0.4 is 5.32 Å². The number of nitrogens with zero attached hydrogens (tertiary/aromatic N) is 3. The van der Waals surface area contributed by atoms with Crippen LogP contribution in [-0.2, 0) is 14.3 Å². The maximum Gasteiger partial charge on any atom is 0.338 e. The van der Waals surface area contributed by atoms with Gasteiger partial charge in [0.05, 0.1) is 30.1 Å². The maximum atomic E-state index is 12.5. The van der Waals surface area contributed by atoms with Gasteiger partial charge in [0.25, 0.3) is 11.7 Å². The van der Waals surface area contributed by atoms with Gasteiger partial charge in [-0.05, 0) is 24.1 Å². The molecule has 0 saturated carbocycles. The molecular formula is C17H18N4O5. The average molecular weight is 358 g/mol. The molecule has 136 valence electrons. The molecule has 9 heteroatoms. The van der Waals surface area contributed by atoms with Gasteiger partial charge in [0.15, 0.2) is 0 Å². The summed E-state index contributed by atoms with van der Waals surface area (Å²) in [4.78, 5) is 27.3. The van der Waals surface area contributed by atoms with Crippen LogP contribution in [0.25, 0.3) is 0 Å². The van der Waals surface area contributed by atoms with E-state index >= 15 is 0 Å². The van der Waals surface area contributed by atoms with E-state index in [1.807, 2.05) is 13.0 Å². The van der Waals surface area contributed by atoms with E-state index in [0.717, 1.165) is 0 Å². The Labute approximate surface area is 150 Å². The molecule has 1 aliphatic heterocycles. The van der Waals surface area contributed by atoms with Crippen molar-refractivity contribution in [3.05, 3.63) is 51.2 Å². The van der Waals surface area contributed by atoms with Crippen molar-refractivity contribution in [3.63, 3.8) is 0 Å². The number of non-ortho nitro benzene ring substituents is 1. The summed E-state index contributed by atoms with van der Waals surface area (Å²) in [5, 5.41) is 22.4. The van der Waals surface area contributed by atoms with Crippen LogP contribution in [0.15, 0.2) is 40.5 Å². The van der Waals surface area contributed by atoms with Gasteiger partial charge in [0, 0.05) is 17.8 Å². The smallest absolute Gasteiger partial charge is 0.338 e. The third-order valence-corrected chi connectivity index (χ3v) is 3.74. The molecule has 0 bridgehead atoms. The molecule has 1 aliphatic rings. The number of esters is 1. The molecule has 1 heterocycles. The van der Waals surface area contributed by atoms with E-state index in [-0.39, 0.29) is 24.7 Å². The number of rotatable bonds is 6. The van der Waals surface area contributed by atoms with Gasteiger partial charge in [-0.3, -0.25) is 10.1 Å². The molecule has 0 aromatic heterocycles. The summed E-state index contributed by atoms with van der Waals surface area (Å²) in [5.74, 6) is -0.591. The average Bonchev–Trinajstić information content (AvgIpc) is 2.66. The summed E-state index contributed by atoms with van der Waals surface area (Å²) in [6.07, 6.45) is 0.581. The fraction of sp³-hybridized carbons (Fsp3) is 0.353. The molecule has 0 spiro atoms. The minimum atomic E-state index is -0.725. The van der Waals surface area contributed by atoms with Crippen LogP contribution in [0, 0.1) is 21.4 Å². The number of nitriles is 1. The Bertz CT molecular complexity index is 792. The first-order valence-corrected chi connectivity index (χ1v) is 7.92. The normalized spacial score (nSPS) is 16.2. The van der Waals surface area contributed by atoms with Crippen molar-refractivity contribution in [1.82, 2.24) is 5.32 Å². The second-order valence-electron chi connectivity index (χ2n) is 5.30. The Morgan fingerprint density at radius 2 is 2.12 bits per heavy atom. The van der Waals surface area contributed by atoms with Crippen molar-refractivity contribution in [2.45, 2.75) is 25.8 Å². The van der Waals surface area contributed by atoms with E-state index in [9.17, 15) is 14.9 Å². The van der Waals surface area contributed by atoms with Gasteiger partial charge in [0.1, 0.15) is 12.6 Å². The molecule has 0 radical (unpaired) electrons. The molecule has 0 fully saturated rings. The number of hydrogen-bond donors (Lipinski definition) is 1. The first-order chi connectivity index (χ1) is 12.5. The number of nitrogens with one attached hydrogen (secondary N) is 1. The number of carbonyl (C=O) groups excluding carboxylic acids is 1. The zero-order chi connectivity index (χ0) is 19.1. The van der Waals surface area contributed by atoms with Gasteiger partial charge < -0.3 is 14.8 Å². The second-order valence-corrected chi connectivity index (χ2v) is 5.30. The number of nitro benzene ring substituents is 1. The zero-order valence-corrected chi connectivity index (χ0v) is 14.4. The second kappa shape index (κ2) is 8.62. The number of ether oxygens (including phenoxy) is 2. The molecule has 0 unspecified atom stereocenters. The largest absolute Gasteiger partial charge is 0.468 e. The highest BCUT2D eigenvalue weighted by Crippen LogP contribution is 2.33. The van der Waals surface area contributed by atoms with Crippen LogP contribution in [0.3, 0.4) is 0 Å². The van der Waals surface area contributed by atoms with Crippen molar-refractivity contribution in [2.75, 3.05) is 13.7 Å². The number of allylic oxidation sites excluding steroid dienone is 1. The van der Waals surface area contributed by atoms with Crippen molar-refractivity contribution in [1.29, 1.82) is 5.26 Å². The van der Waals surface area contributed by atoms with Crippen LogP contribution >= 0.6 is 0 Å². The standard InChI is InChI=1S/C17H18N4O5/c1-3-13-14(16(22)26-10-4-9-18)15(20-17(19-13)25-2)11-5-7-12(8-6-11)21(23)24/h5-8,15H,3-4,10H2,1-2H3,(H,19,20)/t15-/m1/s1. The van der Waals surface area contributed by atoms with Crippen LogP contribution in [0.2, 0.25) is 0 Å². The van der Waals surface area contributed by atoms with E-state index in [2.05, 4.69) is 10.3 Å². The van der Waals surface area contributed by atoms with Gasteiger partial charge in [-0.15, -0.1) is 0 Å². The Hall–Kier alpha value is -3.41. The van der Waals surface area contributed by atoms with Crippen LogP contribution in [0.4, 0.5) is 5.69 Å². The Morgan fingerprint density at radius 3 is 2.65 bits per heavy atom. The third kappa shape index (κ3) is 4.16. The van der Waals surface area contributed by atoms with Crippen molar-refractivity contribution < 1.29 is 19.2 Å². The van der Waals surface area contributed by atoms with Crippen LogP contribution in [-0.4, -0.2) is 30.6 Å². The molecule has 26 heavy (non-hydrogen) atoms. The Kier molecular flexibility index (Phi) is 6.27. The highest BCUT2D eigenvalue weighted by molar-refractivity contribution is 5.94. The number of methoxy groups -OCH3 is 1. The monoisotopic (exact) mass is 358 g/mol. The van der Waals surface area contributed by atoms with E-state index < -0.39 is 16.9 Å². The maximum absolute atomic E-state index is 12.5. The van der Waals surface area contributed by atoms with Gasteiger partial charge in [0.2, 0.25) is 0 Å². The quantitative estimate of drug-likeness (QED) is 0.358. The lowest BCUT2D eigenvalue weighted by molar-refractivity contribution is -0.384. The lowest BCUT2D eigenvalue weighted by Gasteiger charge is -2.26. The predicted molar refractivity (Wildman–Crippen MR) is 91.9 cm³/mol. The molecule has 2 rings (SSSR count). The van der Waals surface area contributed by atoms with Gasteiger partial charge in [-0.2, -0.15) is 5.26 Å². The fourth-order valence-corrected chi connectivity index (χ4v) is 2.48. The van der Waals surface area contributed by atoms with Crippen LogP contribution in [0.1, 0.15) is 31.4 Å². The minimum absolute atomic E-state index is 0.0241. The first-order valence-electron chi connectivity index (χ1n) is 7.92. The van der Waals surface area contributed by atoms with E-state index in [1.165, 1.54) is 19.2 Å². The highest BCUT2D eigenvalue weighted by atomic mass is 16.6. The Morgan fingerprint density at radius 1 is 1.42 bits per heavy atom. The van der Waals surface area contributed by atoms with E-state index in [1.54, 1.807) is 12.1 Å². The van der Waals surface area contributed by atoms with Crippen molar-refractivity contribution in [3.8, 4) is 6.07 Å². The molecule has 0 aliphatic carbocycles. The molecule has 1 aromatic carbocycles. The number of benzene rings is 1. The zero-order valence-electron chi connectivity index (χ0n) is 14.4. The summed E-state index contributed by atoms with van der Waals surface area (Å²) in [6, 6.07) is 7.20. The fourth-order valence-electron chi connectivity index (χ4n) is 2.48.